The number of nitro benzene ring substituents is 1. The monoisotopic (exact) mass is 461 g/mol. The van der Waals surface area contributed by atoms with Gasteiger partial charge in [-0.25, -0.2) is 4.90 Å². The average molecular weight is 461 g/mol. The summed E-state index contributed by atoms with van der Waals surface area (Å²) < 4.78 is 5.37. The maximum absolute atomic E-state index is 13.4. The van der Waals surface area contributed by atoms with E-state index in [1.165, 1.54) is 29.4 Å². The zero-order valence-corrected chi connectivity index (χ0v) is 18.7. The number of hydrogen-bond donors (Lipinski definition) is 0. The summed E-state index contributed by atoms with van der Waals surface area (Å²) in [6.45, 7) is 4.02. The van der Waals surface area contributed by atoms with Gasteiger partial charge in [0.15, 0.2) is 0 Å². The second-order valence-corrected chi connectivity index (χ2v) is 8.35. The molecule has 2 heterocycles. The predicted molar refractivity (Wildman–Crippen MR) is 123 cm³/mol. The Morgan fingerprint density at radius 2 is 1.88 bits per heavy atom. The van der Waals surface area contributed by atoms with Gasteiger partial charge in [0.05, 0.1) is 29.8 Å². The third kappa shape index (κ3) is 4.45. The van der Waals surface area contributed by atoms with Crippen LogP contribution in [-0.2, 0) is 16.1 Å². The van der Waals surface area contributed by atoms with Crippen molar-refractivity contribution in [1.29, 1.82) is 0 Å². The van der Waals surface area contributed by atoms with Crippen molar-refractivity contribution in [1.82, 2.24) is 4.90 Å². The Labute approximate surface area is 195 Å². The molecule has 1 unspecified atom stereocenters. The van der Waals surface area contributed by atoms with Crippen LogP contribution in [0.4, 0.5) is 11.4 Å². The number of nitro groups is 1. The zero-order chi connectivity index (χ0) is 24.4. The molecule has 3 aromatic rings. The van der Waals surface area contributed by atoms with E-state index in [1.54, 1.807) is 24.3 Å². The van der Waals surface area contributed by atoms with E-state index >= 15 is 0 Å². The molecular formula is C25H23N3O6. The van der Waals surface area contributed by atoms with E-state index < -0.39 is 28.7 Å². The Kier molecular flexibility index (Phi) is 6.27. The molecule has 3 amide bonds. The van der Waals surface area contributed by atoms with Crippen LogP contribution in [0.15, 0.2) is 71.3 Å². The Morgan fingerprint density at radius 3 is 2.50 bits per heavy atom. The van der Waals surface area contributed by atoms with Crippen LogP contribution in [0.3, 0.4) is 0 Å². The number of anilines is 1. The highest BCUT2D eigenvalue weighted by molar-refractivity contribution is 6.23. The molecule has 9 heteroatoms. The van der Waals surface area contributed by atoms with Crippen LogP contribution in [-0.4, -0.2) is 33.6 Å². The molecule has 0 saturated carbocycles. The molecule has 9 nitrogen and oxygen atoms in total. The second kappa shape index (κ2) is 9.30. The fourth-order valence-corrected chi connectivity index (χ4v) is 3.95. The summed E-state index contributed by atoms with van der Waals surface area (Å²) in [6, 6.07) is 14.7. The molecule has 1 atom stereocenters. The number of carbonyl (C=O) groups excluding carboxylic acids is 3. The Hall–Kier alpha value is -4.27. The molecular weight excluding hydrogens is 438 g/mol. The Bertz CT molecular complexity index is 1230. The van der Waals surface area contributed by atoms with Gasteiger partial charge in [-0.2, -0.15) is 0 Å². The minimum Gasteiger partial charge on any atom is -0.467 e. The van der Waals surface area contributed by atoms with Crippen molar-refractivity contribution in [2.24, 2.45) is 0 Å². The Morgan fingerprint density at radius 1 is 1.15 bits per heavy atom. The zero-order valence-electron chi connectivity index (χ0n) is 18.7. The number of hydrogen-bond acceptors (Lipinski definition) is 6. The summed E-state index contributed by atoms with van der Waals surface area (Å²) in [6.07, 6.45) is 1.24. The van der Waals surface area contributed by atoms with Crippen LogP contribution in [0.5, 0.6) is 0 Å². The fraction of sp³-hybridized carbons (Fsp3) is 0.240. The van der Waals surface area contributed by atoms with Crippen LogP contribution in [0, 0.1) is 10.1 Å². The van der Waals surface area contributed by atoms with Crippen LogP contribution in [0.2, 0.25) is 0 Å². The second-order valence-electron chi connectivity index (χ2n) is 8.35. The molecule has 1 aromatic heterocycles. The number of rotatable bonds is 7. The molecule has 1 saturated heterocycles. The number of furan rings is 1. The molecule has 0 N–H and O–H groups in total. The van der Waals surface area contributed by atoms with Crippen molar-refractivity contribution in [3.05, 3.63) is 93.9 Å². The van der Waals surface area contributed by atoms with Gasteiger partial charge < -0.3 is 9.32 Å². The lowest BCUT2D eigenvalue weighted by molar-refractivity contribution is -0.384. The number of imide groups is 1. The predicted octanol–water partition coefficient (Wildman–Crippen LogP) is 4.29. The van der Waals surface area contributed by atoms with E-state index in [9.17, 15) is 24.5 Å². The number of nitrogens with zero attached hydrogens (tertiary/aromatic N) is 3. The van der Waals surface area contributed by atoms with Gasteiger partial charge in [0.2, 0.25) is 5.91 Å². The summed E-state index contributed by atoms with van der Waals surface area (Å²) in [5.41, 5.74) is 1.30. The summed E-state index contributed by atoms with van der Waals surface area (Å²) >= 11 is 0. The summed E-state index contributed by atoms with van der Waals surface area (Å²) in [7, 11) is 0. The van der Waals surface area contributed by atoms with E-state index in [4.69, 9.17) is 4.42 Å². The molecule has 1 aliphatic rings. The maximum Gasteiger partial charge on any atom is 0.270 e. The highest BCUT2D eigenvalue weighted by atomic mass is 16.6. The number of benzene rings is 2. The highest BCUT2D eigenvalue weighted by Crippen LogP contribution is 2.29. The lowest BCUT2D eigenvalue weighted by atomic mass is 10.0. The van der Waals surface area contributed by atoms with Crippen LogP contribution >= 0.6 is 0 Å². The summed E-state index contributed by atoms with van der Waals surface area (Å²) in [5, 5.41) is 11.2. The van der Waals surface area contributed by atoms with Crippen molar-refractivity contribution in [2.45, 2.75) is 38.8 Å². The normalized spacial score (nSPS) is 15.7. The minimum atomic E-state index is -1.07. The van der Waals surface area contributed by atoms with Crippen LogP contribution < -0.4 is 4.90 Å². The first-order valence-corrected chi connectivity index (χ1v) is 10.8. The van der Waals surface area contributed by atoms with Gasteiger partial charge in [-0.05, 0) is 41.8 Å². The molecule has 174 valence electrons. The minimum absolute atomic E-state index is 0.0424. The molecule has 0 bridgehead atoms. The molecule has 1 fully saturated rings. The van der Waals surface area contributed by atoms with Crippen LogP contribution in [0.1, 0.15) is 47.9 Å². The van der Waals surface area contributed by atoms with E-state index in [0.717, 1.165) is 16.5 Å². The lowest BCUT2D eigenvalue weighted by Crippen LogP contribution is -2.45. The van der Waals surface area contributed by atoms with E-state index in [2.05, 4.69) is 0 Å². The lowest BCUT2D eigenvalue weighted by Gasteiger charge is -2.27. The topological polar surface area (TPSA) is 114 Å². The highest BCUT2D eigenvalue weighted by Gasteiger charge is 2.45. The molecule has 1 aliphatic heterocycles. The first kappa shape index (κ1) is 22.9. The van der Waals surface area contributed by atoms with E-state index in [0.29, 0.717) is 17.4 Å². The molecule has 34 heavy (non-hydrogen) atoms. The first-order chi connectivity index (χ1) is 16.3. The number of non-ortho nitro benzene ring substituents is 1. The van der Waals surface area contributed by atoms with Gasteiger partial charge in [0.1, 0.15) is 11.8 Å². The molecule has 0 aliphatic carbocycles. The van der Waals surface area contributed by atoms with E-state index in [-0.39, 0.29) is 24.2 Å². The molecule has 4 rings (SSSR count). The number of carbonyl (C=O) groups is 3. The average Bonchev–Trinajstić information content (AvgIpc) is 3.44. The maximum atomic E-state index is 13.4. The van der Waals surface area contributed by atoms with Crippen molar-refractivity contribution < 1.29 is 23.7 Å². The SMILES string of the molecule is CC(C)c1ccc(N2C(=O)CC(N(Cc3ccco3)C(=O)c3cccc([N+](=O)[O-])c3)C2=O)cc1. The molecule has 0 radical (unpaired) electrons. The van der Waals surface area contributed by atoms with Gasteiger partial charge >= 0.3 is 0 Å². The van der Waals surface area contributed by atoms with Crippen molar-refractivity contribution in [3.8, 4) is 0 Å². The largest absolute Gasteiger partial charge is 0.467 e. The summed E-state index contributed by atoms with van der Waals surface area (Å²) in [4.78, 5) is 52.6. The first-order valence-electron chi connectivity index (χ1n) is 10.8. The number of amides is 3. The van der Waals surface area contributed by atoms with Gasteiger partial charge in [0, 0.05) is 17.7 Å². The summed E-state index contributed by atoms with van der Waals surface area (Å²) in [5.74, 6) is -0.860. The standard InChI is InChI=1S/C25H23N3O6/c1-16(2)17-8-10-19(11-9-17)27-23(29)14-22(25(27)31)26(15-21-7-4-12-34-21)24(30)18-5-3-6-20(13-18)28(32)33/h3-13,16,22H,14-15H2,1-2H3. The van der Waals surface area contributed by atoms with Crippen molar-refractivity contribution in [2.75, 3.05) is 4.90 Å². The third-order valence-electron chi connectivity index (χ3n) is 5.79. The van der Waals surface area contributed by atoms with Crippen LogP contribution in [0.25, 0.3) is 0 Å². The smallest absolute Gasteiger partial charge is 0.270 e. The van der Waals surface area contributed by atoms with Gasteiger partial charge in [-0.1, -0.05) is 32.0 Å². The van der Waals surface area contributed by atoms with Gasteiger partial charge in [-0.3, -0.25) is 24.5 Å². The Balaban J connectivity index is 1.67. The van der Waals surface area contributed by atoms with Gasteiger partial charge in [0.25, 0.3) is 17.5 Å². The quantitative estimate of drug-likeness (QED) is 0.295. The molecule has 0 spiro atoms. The van der Waals surface area contributed by atoms with Gasteiger partial charge in [-0.15, -0.1) is 0 Å². The fourth-order valence-electron chi connectivity index (χ4n) is 3.95. The van der Waals surface area contributed by atoms with Crippen molar-refractivity contribution in [3.63, 3.8) is 0 Å². The van der Waals surface area contributed by atoms with Crippen molar-refractivity contribution >= 4 is 29.1 Å². The third-order valence-corrected chi connectivity index (χ3v) is 5.79. The van der Waals surface area contributed by atoms with E-state index in [1.807, 2.05) is 26.0 Å². The molecule has 2 aromatic carbocycles.